The predicted molar refractivity (Wildman–Crippen MR) is 96.1 cm³/mol. The summed E-state index contributed by atoms with van der Waals surface area (Å²) in [7, 11) is -3.77. The first-order chi connectivity index (χ1) is 12.0. The van der Waals surface area contributed by atoms with E-state index >= 15 is 0 Å². The van der Waals surface area contributed by atoms with Crippen LogP contribution in [0.1, 0.15) is 50.0 Å². The third-order valence-corrected chi connectivity index (χ3v) is 6.06. The molecule has 8 heteroatoms. The molecule has 0 aromatic carbocycles. The van der Waals surface area contributed by atoms with Crippen molar-refractivity contribution in [2.75, 3.05) is 10.0 Å². The van der Waals surface area contributed by atoms with Crippen molar-refractivity contribution in [3.8, 4) is 0 Å². The minimum atomic E-state index is -3.77. The predicted octanol–water partition coefficient (Wildman–Crippen LogP) is 3.62. The molecule has 3 rings (SSSR count). The second-order valence-corrected chi connectivity index (χ2v) is 8.14. The fourth-order valence-electron chi connectivity index (χ4n) is 3.25. The molecule has 0 saturated heterocycles. The van der Waals surface area contributed by atoms with Gasteiger partial charge in [-0.3, -0.25) is 4.72 Å². The van der Waals surface area contributed by atoms with Crippen LogP contribution in [-0.2, 0) is 10.0 Å². The van der Waals surface area contributed by atoms with Gasteiger partial charge in [-0.25, -0.2) is 13.4 Å². The van der Waals surface area contributed by atoms with Gasteiger partial charge in [-0.15, -0.1) is 0 Å². The fourth-order valence-corrected chi connectivity index (χ4v) is 4.59. The van der Waals surface area contributed by atoms with E-state index in [0.717, 1.165) is 5.69 Å². The van der Waals surface area contributed by atoms with Gasteiger partial charge in [0.25, 0.3) is 10.0 Å². The monoisotopic (exact) mass is 364 g/mol. The third kappa shape index (κ3) is 4.31. The normalized spacial score (nSPS) is 16.4. The quantitative estimate of drug-likeness (QED) is 0.787. The number of aromatic nitrogens is 2. The van der Waals surface area contributed by atoms with Gasteiger partial charge in [-0.2, -0.15) is 0 Å². The number of anilines is 2. The second kappa shape index (κ2) is 7.43. The zero-order chi connectivity index (χ0) is 17.9. The van der Waals surface area contributed by atoms with Crippen LogP contribution < -0.4 is 10.0 Å². The smallest absolute Gasteiger partial charge is 0.268 e. The van der Waals surface area contributed by atoms with Gasteiger partial charge in [-0.1, -0.05) is 30.8 Å². The van der Waals surface area contributed by atoms with Gasteiger partial charge in [0, 0.05) is 6.04 Å². The maximum Gasteiger partial charge on any atom is 0.268 e. The highest BCUT2D eigenvalue weighted by atomic mass is 32.2. The number of sulfonamides is 1. The molecule has 1 aliphatic rings. The lowest BCUT2D eigenvalue weighted by atomic mass is 10.1. The fraction of sp³-hybridized carbons (Fsp3) is 0.529. The molecule has 0 radical (unpaired) electrons. The lowest BCUT2D eigenvalue weighted by molar-refractivity contribution is 0.390. The zero-order valence-corrected chi connectivity index (χ0v) is 15.4. The maximum absolute atomic E-state index is 12.5. The molecule has 2 aromatic rings. The largest absolute Gasteiger partial charge is 0.381 e. The van der Waals surface area contributed by atoms with Crippen LogP contribution in [0.25, 0.3) is 0 Å². The van der Waals surface area contributed by atoms with Crippen molar-refractivity contribution in [2.45, 2.75) is 63.3 Å². The minimum Gasteiger partial charge on any atom is -0.381 e. The average Bonchev–Trinajstić information content (AvgIpc) is 2.75. The van der Waals surface area contributed by atoms with Crippen LogP contribution in [-0.4, -0.2) is 24.6 Å². The van der Waals surface area contributed by atoms with E-state index in [2.05, 4.69) is 20.2 Å². The Labute approximate surface area is 148 Å². The maximum atomic E-state index is 12.5. The minimum absolute atomic E-state index is 0.0648. The van der Waals surface area contributed by atoms with Crippen LogP contribution >= 0.6 is 0 Å². The Bertz CT molecular complexity index is 787. The number of hydrogen-bond acceptors (Lipinski definition) is 6. The molecule has 0 unspecified atom stereocenters. The summed E-state index contributed by atoms with van der Waals surface area (Å²) in [6, 6.07) is 3.98. The van der Waals surface area contributed by atoms with Crippen LogP contribution in [0.2, 0.25) is 0 Å². The highest BCUT2D eigenvalue weighted by molar-refractivity contribution is 7.92. The molecule has 2 heterocycles. The molecule has 25 heavy (non-hydrogen) atoms. The van der Waals surface area contributed by atoms with E-state index in [1.807, 2.05) is 6.07 Å². The van der Waals surface area contributed by atoms with E-state index in [1.54, 1.807) is 26.1 Å². The molecule has 0 atom stereocenters. The Morgan fingerprint density at radius 3 is 2.40 bits per heavy atom. The third-order valence-electron chi connectivity index (χ3n) is 4.46. The first kappa shape index (κ1) is 17.7. The highest BCUT2D eigenvalue weighted by Gasteiger charge is 2.24. The van der Waals surface area contributed by atoms with E-state index < -0.39 is 10.0 Å². The van der Waals surface area contributed by atoms with Gasteiger partial charge in [0.1, 0.15) is 11.5 Å². The Balaban J connectivity index is 1.68. The van der Waals surface area contributed by atoms with E-state index in [1.165, 1.54) is 38.5 Å². The summed E-state index contributed by atoms with van der Waals surface area (Å²) in [5, 5.41) is 7.18. The summed E-state index contributed by atoms with van der Waals surface area (Å²) in [4.78, 5) is 4.28. The van der Waals surface area contributed by atoms with Crippen molar-refractivity contribution in [3.05, 3.63) is 29.8 Å². The number of hydrogen-bond donors (Lipinski definition) is 2. The van der Waals surface area contributed by atoms with Crippen molar-refractivity contribution in [1.29, 1.82) is 0 Å². The van der Waals surface area contributed by atoms with E-state index in [4.69, 9.17) is 4.52 Å². The summed E-state index contributed by atoms with van der Waals surface area (Å²) >= 11 is 0. The second-order valence-electron chi connectivity index (χ2n) is 6.52. The molecule has 0 aliphatic heterocycles. The molecule has 0 bridgehead atoms. The van der Waals surface area contributed by atoms with E-state index in [-0.39, 0.29) is 16.5 Å². The summed E-state index contributed by atoms with van der Waals surface area (Å²) in [5.74, 6) is 0.531. The van der Waals surface area contributed by atoms with Crippen molar-refractivity contribution in [3.63, 3.8) is 0 Å². The SMILES string of the molecule is Cc1noc(C)c1S(=O)(=O)Nc1ccc(NC2CCCCCC2)cn1. The number of rotatable bonds is 5. The summed E-state index contributed by atoms with van der Waals surface area (Å²) < 4.78 is 32.4. The van der Waals surface area contributed by atoms with Crippen LogP contribution in [0.5, 0.6) is 0 Å². The van der Waals surface area contributed by atoms with E-state index in [0.29, 0.717) is 11.7 Å². The molecule has 0 spiro atoms. The van der Waals surface area contributed by atoms with Crippen molar-refractivity contribution >= 4 is 21.5 Å². The Kier molecular flexibility index (Phi) is 5.27. The van der Waals surface area contributed by atoms with Crippen LogP contribution in [0.3, 0.4) is 0 Å². The molecule has 1 saturated carbocycles. The molecule has 2 N–H and O–H groups in total. The van der Waals surface area contributed by atoms with Gasteiger partial charge in [0.2, 0.25) is 0 Å². The zero-order valence-electron chi connectivity index (χ0n) is 14.6. The number of pyridine rings is 1. The first-order valence-corrected chi connectivity index (χ1v) is 10.1. The average molecular weight is 364 g/mol. The lowest BCUT2D eigenvalue weighted by Gasteiger charge is -2.17. The number of aryl methyl sites for hydroxylation is 2. The van der Waals surface area contributed by atoms with Crippen LogP contribution in [0.15, 0.2) is 27.7 Å². The summed E-state index contributed by atoms with van der Waals surface area (Å²) in [6.07, 6.45) is 9.11. The lowest BCUT2D eigenvalue weighted by Crippen LogP contribution is -2.19. The number of nitrogens with zero attached hydrogens (tertiary/aromatic N) is 2. The Morgan fingerprint density at radius 2 is 1.84 bits per heavy atom. The van der Waals surface area contributed by atoms with E-state index in [9.17, 15) is 8.42 Å². The molecule has 136 valence electrons. The summed E-state index contributed by atoms with van der Waals surface area (Å²) in [5.41, 5.74) is 1.24. The first-order valence-electron chi connectivity index (χ1n) is 8.64. The molecular formula is C17H24N4O3S. The van der Waals surface area contributed by atoms with Crippen LogP contribution in [0.4, 0.5) is 11.5 Å². The van der Waals surface area contributed by atoms with Gasteiger partial charge in [0.15, 0.2) is 10.7 Å². The Hall–Kier alpha value is -2.09. The van der Waals surface area contributed by atoms with Gasteiger partial charge in [0.05, 0.1) is 11.9 Å². The van der Waals surface area contributed by atoms with Gasteiger partial charge >= 0.3 is 0 Å². The highest BCUT2D eigenvalue weighted by Crippen LogP contribution is 2.23. The summed E-state index contributed by atoms with van der Waals surface area (Å²) in [6.45, 7) is 3.17. The van der Waals surface area contributed by atoms with Gasteiger partial charge in [-0.05, 0) is 38.8 Å². The molecule has 7 nitrogen and oxygen atoms in total. The molecular weight excluding hydrogens is 340 g/mol. The van der Waals surface area contributed by atoms with Gasteiger partial charge < -0.3 is 9.84 Å². The Morgan fingerprint density at radius 1 is 1.12 bits per heavy atom. The standard InChI is InChI=1S/C17H24N4O3S/c1-12-17(13(2)24-20-12)25(22,23)21-16-10-9-15(11-18-16)19-14-7-5-3-4-6-8-14/h9-11,14,19H,3-8H2,1-2H3,(H,18,21). The van der Waals surface area contributed by atoms with Crippen molar-refractivity contribution < 1.29 is 12.9 Å². The van der Waals surface area contributed by atoms with Crippen molar-refractivity contribution in [2.24, 2.45) is 0 Å². The van der Waals surface area contributed by atoms with Crippen molar-refractivity contribution in [1.82, 2.24) is 10.1 Å². The van der Waals surface area contributed by atoms with Crippen LogP contribution in [0, 0.1) is 13.8 Å². The molecule has 1 aliphatic carbocycles. The molecule has 0 amide bonds. The molecule has 1 fully saturated rings. The molecule has 2 aromatic heterocycles. The topological polar surface area (TPSA) is 97.1 Å². The number of nitrogens with one attached hydrogen (secondary N) is 2.